The first kappa shape index (κ1) is 20.4. The van der Waals surface area contributed by atoms with Gasteiger partial charge in [0.15, 0.2) is 0 Å². The molecule has 1 N–H and O–H groups in total. The highest BCUT2D eigenvalue weighted by molar-refractivity contribution is 5.82. The van der Waals surface area contributed by atoms with E-state index >= 15 is 0 Å². The fraction of sp³-hybridized carbons (Fsp3) is 0.360. The predicted molar refractivity (Wildman–Crippen MR) is 114 cm³/mol. The Morgan fingerprint density at radius 2 is 1.47 bits per heavy atom. The number of hydrogen-bond donors (Lipinski definition) is 1. The number of fused-ring (bicyclic) bond motifs is 3. The van der Waals surface area contributed by atoms with E-state index in [-0.39, 0.29) is 30.1 Å². The molecule has 30 heavy (non-hydrogen) atoms. The molecule has 0 bridgehead atoms. The molecule has 5 atom stereocenters. The maximum absolute atomic E-state index is 12.7. The standard InChI is InChI=1S/C25H27NO4/c1-29-23(27)16-22(24(28)30-2)26-25(17-10-4-3-5-11-17)20-14-8-6-12-18(20)19-13-7-9-15-21(19)25/h3-15,18-22,26H,16H2,1-2H3/t18?,19?,20?,21?,22-,25?/m0/s1. The Balaban J connectivity index is 1.85. The molecule has 0 radical (unpaired) electrons. The summed E-state index contributed by atoms with van der Waals surface area (Å²) in [5, 5.41) is 3.61. The molecule has 4 unspecified atom stereocenters. The number of methoxy groups -OCH3 is 2. The zero-order valence-electron chi connectivity index (χ0n) is 17.2. The number of esters is 2. The second-order valence-corrected chi connectivity index (χ2v) is 7.98. The van der Waals surface area contributed by atoms with Gasteiger partial charge in [-0.1, -0.05) is 78.9 Å². The maximum atomic E-state index is 12.7. The molecule has 1 saturated carbocycles. The van der Waals surface area contributed by atoms with Crippen LogP contribution in [0.5, 0.6) is 0 Å². The van der Waals surface area contributed by atoms with Crippen molar-refractivity contribution in [2.45, 2.75) is 18.0 Å². The lowest BCUT2D eigenvalue weighted by Crippen LogP contribution is -2.57. The molecule has 0 aromatic heterocycles. The highest BCUT2D eigenvalue weighted by Gasteiger charge is 2.59. The zero-order valence-corrected chi connectivity index (χ0v) is 17.2. The molecular formula is C25H27NO4. The van der Waals surface area contributed by atoms with Crippen LogP contribution < -0.4 is 5.32 Å². The largest absolute Gasteiger partial charge is 0.469 e. The van der Waals surface area contributed by atoms with Crippen molar-refractivity contribution in [3.05, 3.63) is 84.5 Å². The molecule has 5 heteroatoms. The lowest BCUT2D eigenvalue weighted by Gasteiger charge is -2.43. The minimum atomic E-state index is -0.819. The molecule has 0 spiro atoms. The van der Waals surface area contributed by atoms with Gasteiger partial charge in [-0.15, -0.1) is 0 Å². The third kappa shape index (κ3) is 3.33. The highest BCUT2D eigenvalue weighted by Crippen LogP contribution is 2.58. The molecule has 0 heterocycles. The van der Waals surface area contributed by atoms with Gasteiger partial charge in [-0.05, 0) is 17.4 Å². The number of hydrogen-bond acceptors (Lipinski definition) is 5. The first-order chi connectivity index (χ1) is 14.6. The summed E-state index contributed by atoms with van der Waals surface area (Å²) in [6.45, 7) is 0. The van der Waals surface area contributed by atoms with E-state index < -0.39 is 23.5 Å². The van der Waals surface area contributed by atoms with Crippen molar-refractivity contribution in [2.75, 3.05) is 14.2 Å². The summed E-state index contributed by atoms with van der Waals surface area (Å²) < 4.78 is 9.90. The van der Waals surface area contributed by atoms with Crippen LogP contribution in [-0.4, -0.2) is 32.2 Å². The first-order valence-electron chi connectivity index (χ1n) is 10.3. The number of rotatable bonds is 6. The van der Waals surface area contributed by atoms with Crippen LogP contribution in [0.3, 0.4) is 0 Å². The quantitative estimate of drug-likeness (QED) is 0.736. The molecule has 1 aromatic rings. The van der Waals surface area contributed by atoms with Gasteiger partial charge in [0, 0.05) is 11.8 Å². The summed E-state index contributed by atoms with van der Waals surface area (Å²) in [6.07, 6.45) is 17.2. The average Bonchev–Trinajstić information content (AvgIpc) is 3.09. The van der Waals surface area contributed by atoms with Crippen molar-refractivity contribution in [2.24, 2.45) is 23.7 Å². The Bertz CT molecular complexity index is 880. The van der Waals surface area contributed by atoms with Gasteiger partial charge in [0.25, 0.3) is 0 Å². The van der Waals surface area contributed by atoms with Crippen LogP contribution in [0, 0.1) is 23.7 Å². The van der Waals surface area contributed by atoms with E-state index in [1.165, 1.54) is 14.2 Å². The number of nitrogens with one attached hydrogen (secondary N) is 1. The minimum absolute atomic E-state index is 0.0916. The van der Waals surface area contributed by atoms with Gasteiger partial charge in [0.1, 0.15) is 6.04 Å². The molecule has 0 saturated heterocycles. The number of carbonyl (C=O) groups is 2. The molecule has 156 valence electrons. The van der Waals surface area contributed by atoms with Gasteiger partial charge in [-0.2, -0.15) is 0 Å². The molecule has 3 aliphatic carbocycles. The van der Waals surface area contributed by atoms with Crippen LogP contribution in [0.4, 0.5) is 0 Å². The smallest absolute Gasteiger partial charge is 0.323 e. The van der Waals surface area contributed by atoms with E-state index in [0.717, 1.165) is 5.56 Å². The van der Waals surface area contributed by atoms with Crippen LogP contribution in [0.15, 0.2) is 78.9 Å². The van der Waals surface area contributed by atoms with E-state index in [2.05, 4.69) is 66.1 Å². The van der Waals surface area contributed by atoms with Gasteiger partial charge >= 0.3 is 11.9 Å². The van der Waals surface area contributed by atoms with Crippen LogP contribution in [0.2, 0.25) is 0 Å². The fourth-order valence-electron chi connectivity index (χ4n) is 5.37. The van der Waals surface area contributed by atoms with E-state index in [9.17, 15) is 9.59 Å². The second kappa shape index (κ2) is 8.44. The monoisotopic (exact) mass is 405 g/mol. The number of ether oxygens (including phenoxy) is 2. The third-order valence-corrected chi connectivity index (χ3v) is 6.60. The third-order valence-electron chi connectivity index (χ3n) is 6.60. The van der Waals surface area contributed by atoms with Crippen LogP contribution in [0.1, 0.15) is 12.0 Å². The van der Waals surface area contributed by atoms with Gasteiger partial charge in [-0.25, -0.2) is 0 Å². The Labute approximate surface area is 177 Å². The molecule has 5 nitrogen and oxygen atoms in total. The van der Waals surface area contributed by atoms with Crippen molar-refractivity contribution in [1.29, 1.82) is 0 Å². The SMILES string of the molecule is COC(=O)C[C@H](NC1(c2ccccc2)C2C=CC=CC2C2C=CC=CC21)C(=O)OC. The highest BCUT2D eigenvalue weighted by atomic mass is 16.5. The maximum Gasteiger partial charge on any atom is 0.323 e. The number of benzene rings is 1. The van der Waals surface area contributed by atoms with Crippen molar-refractivity contribution < 1.29 is 19.1 Å². The topological polar surface area (TPSA) is 64.6 Å². The molecule has 0 amide bonds. The summed E-state index contributed by atoms with van der Waals surface area (Å²) in [7, 11) is 2.67. The molecule has 0 aliphatic heterocycles. The lowest BCUT2D eigenvalue weighted by molar-refractivity contribution is -0.150. The van der Waals surface area contributed by atoms with Crippen molar-refractivity contribution >= 4 is 11.9 Å². The predicted octanol–water partition coefficient (Wildman–Crippen LogP) is 3.31. The molecule has 3 aliphatic rings. The molecule has 1 fully saturated rings. The van der Waals surface area contributed by atoms with E-state index in [1.54, 1.807) is 0 Å². The summed E-state index contributed by atoms with van der Waals surface area (Å²) in [6, 6.07) is 9.38. The summed E-state index contributed by atoms with van der Waals surface area (Å²) in [5.41, 5.74) is 0.512. The van der Waals surface area contributed by atoms with E-state index in [0.29, 0.717) is 0 Å². The zero-order chi connectivity index (χ0) is 21.1. The normalized spacial score (nSPS) is 31.7. The van der Waals surface area contributed by atoms with E-state index in [1.807, 2.05) is 18.2 Å². The van der Waals surface area contributed by atoms with Gasteiger partial charge in [0.05, 0.1) is 26.2 Å². The Morgan fingerprint density at radius 1 is 0.900 bits per heavy atom. The average molecular weight is 405 g/mol. The van der Waals surface area contributed by atoms with Gasteiger partial charge < -0.3 is 9.47 Å². The van der Waals surface area contributed by atoms with Crippen molar-refractivity contribution in [3.8, 4) is 0 Å². The van der Waals surface area contributed by atoms with Crippen LogP contribution in [-0.2, 0) is 24.6 Å². The minimum Gasteiger partial charge on any atom is -0.469 e. The van der Waals surface area contributed by atoms with Gasteiger partial charge in [0.2, 0.25) is 0 Å². The lowest BCUT2D eigenvalue weighted by atomic mass is 9.71. The summed E-state index contributed by atoms with van der Waals surface area (Å²) in [4.78, 5) is 24.8. The Hall–Kier alpha value is -2.92. The molecule has 1 aromatic carbocycles. The first-order valence-corrected chi connectivity index (χ1v) is 10.3. The number of carbonyl (C=O) groups excluding carboxylic acids is 2. The summed E-state index contributed by atoms with van der Waals surface area (Å²) >= 11 is 0. The Kier molecular flexibility index (Phi) is 5.73. The number of allylic oxidation sites excluding steroid dienone is 6. The van der Waals surface area contributed by atoms with Crippen molar-refractivity contribution in [3.63, 3.8) is 0 Å². The second-order valence-electron chi connectivity index (χ2n) is 7.98. The fourth-order valence-corrected chi connectivity index (χ4v) is 5.37. The van der Waals surface area contributed by atoms with Crippen LogP contribution >= 0.6 is 0 Å². The van der Waals surface area contributed by atoms with Crippen LogP contribution in [0.25, 0.3) is 0 Å². The Morgan fingerprint density at radius 3 is 2.00 bits per heavy atom. The van der Waals surface area contributed by atoms with Crippen molar-refractivity contribution in [1.82, 2.24) is 5.32 Å². The molecule has 4 rings (SSSR count). The molecular weight excluding hydrogens is 378 g/mol. The summed E-state index contributed by atoms with van der Waals surface area (Å²) in [5.74, 6) is -0.142. The van der Waals surface area contributed by atoms with Gasteiger partial charge in [-0.3, -0.25) is 14.9 Å². The van der Waals surface area contributed by atoms with E-state index in [4.69, 9.17) is 9.47 Å².